The molecule has 1 unspecified atom stereocenters. The van der Waals surface area contributed by atoms with Gasteiger partial charge in [-0.3, -0.25) is 4.79 Å². The summed E-state index contributed by atoms with van der Waals surface area (Å²) in [5.74, 6) is 0.879. The number of carbonyl (C=O) groups excluding carboxylic acids is 1. The van der Waals surface area contributed by atoms with Gasteiger partial charge in [0.25, 0.3) is 5.91 Å². The summed E-state index contributed by atoms with van der Waals surface area (Å²) in [6.45, 7) is 3.97. The Kier molecular flexibility index (Phi) is 6.08. The molecular formula is C22H25NO3. The van der Waals surface area contributed by atoms with Gasteiger partial charge in [-0.15, -0.1) is 0 Å². The highest BCUT2D eigenvalue weighted by molar-refractivity contribution is 6.24. The van der Waals surface area contributed by atoms with Crippen molar-refractivity contribution in [2.45, 2.75) is 19.4 Å². The molecule has 1 aliphatic heterocycles. The fourth-order valence-electron chi connectivity index (χ4n) is 3.16. The van der Waals surface area contributed by atoms with Crippen molar-refractivity contribution in [2.75, 3.05) is 26.8 Å². The molecule has 1 fully saturated rings. The molecule has 0 aromatic heterocycles. The molecule has 4 nitrogen and oxygen atoms in total. The molecule has 3 rings (SSSR count). The summed E-state index contributed by atoms with van der Waals surface area (Å²) in [7, 11) is 1.70. The van der Waals surface area contributed by atoms with Gasteiger partial charge < -0.3 is 14.4 Å². The minimum atomic E-state index is 0.0460. The maximum absolute atomic E-state index is 13.2. The second-order valence-corrected chi connectivity index (χ2v) is 6.32. The van der Waals surface area contributed by atoms with Gasteiger partial charge in [0.1, 0.15) is 5.75 Å². The third kappa shape index (κ3) is 4.33. The van der Waals surface area contributed by atoms with Gasteiger partial charge in [-0.2, -0.15) is 0 Å². The number of likely N-dealkylation sites (tertiary alicyclic amines) is 1. The molecule has 1 amide bonds. The number of hydrogen-bond donors (Lipinski definition) is 0. The molecule has 1 aliphatic rings. The second kappa shape index (κ2) is 8.68. The molecule has 1 atom stereocenters. The highest BCUT2D eigenvalue weighted by atomic mass is 16.5. The minimum absolute atomic E-state index is 0.0460. The summed E-state index contributed by atoms with van der Waals surface area (Å²) < 4.78 is 10.9. The second-order valence-electron chi connectivity index (χ2n) is 6.32. The zero-order valence-electron chi connectivity index (χ0n) is 15.4. The van der Waals surface area contributed by atoms with Crippen LogP contribution < -0.4 is 4.74 Å². The van der Waals surface area contributed by atoms with Crippen molar-refractivity contribution in [3.05, 3.63) is 65.7 Å². The molecule has 1 heterocycles. The van der Waals surface area contributed by atoms with E-state index in [2.05, 4.69) is 0 Å². The van der Waals surface area contributed by atoms with Gasteiger partial charge in [0.15, 0.2) is 0 Å². The van der Waals surface area contributed by atoms with E-state index in [4.69, 9.17) is 9.47 Å². The topological polar surface area (TPSA) is 38.8 Å². The van der Waals surface area contributed by atoms with Crippen LogP contribution >= 0.6 is 0 Å². The van der Waals surface area contributed by atoms with Crippen molar-refractivity contribution >= 4 is 17.6 Å². The molecule has 1 saturated heterocycles. The highest BCUT2D eigenvalue weighted by Gasteiger charge is 2.28. The Labute approximate surface area is 155 Å². The average molecular weight is 351 g/mol. The summed E-state index contributed by atoms with van der Waals surface area (Å²) in [4.78, 5) is 15.0. The van der Waals surface area contributed by atoms with E-state index >= 15 is 0 Å². The fraction of sp³-hybridized carbons (Fsp3) is 0.318. The van der Waals surface area contributed by atoms with Crippen molar-refractivity contribution in [3.8, 4) is 5.75 Å². The van der Waals surface area contributed by atoms with Gasteiger partial charge in [0, 0.05) is 25.8 Å². The molecule has 136 valence electrons. The van der Waals surface area contributed by atoms with Gasteiger partial charge in [0.2, 0.25) is 0 Å². The Hall–Kier alpha value is -2.59. The number of methoxy groups -OCH3 is 1. The molecule has 26 heavy (non-hydrogen) atoms. The standard InChI is InChI=1S/C22H25NO3/c1-3-26-19-11-9-17(10-12-19)15-21(18-7-5-4-6-8-18)22(24)23-14-13-20(16-23)25-2/h4-12,15,20H,3,13-14,16H2,1-2H3/b21-15+. The summed E-state index contributed by atoms with van der Waals surface area (Å²) in [6, 6.07) is 17.6. The van der Waals surface area contributed by atoms with Gasteiger partial charge in [-0.05, 0) is 42.7 Å². The molecule has 4 heteroatoms. The van der Waals surface area contributed by atoms with E-state index in [0.717, 1.165) is 29.8 Å². The van der Waals surface area contributed by atoms with Crippen LogP contribution in [0.5, 0.6) is 5.75 Å². The van der Waals surface area contributed by atoms with E-state index in [-0.39, 0.29) is 12.0 Å². The normalized spacial score (nSPS) is 17.4. The van der Waals surface area contributed by atoms with Gasteiger partial charge in [-0.25, -0.2) is 0 Å². The Morgan fingerprint density at radius 2 is 1.88 bits per heavy atom. The molecule has 2 aromatic rings. The summed E-state index contributed by atoms with van der Waals surface area (Å²) in [5.41, 5.74) is 2.60. The zero-order chi connectivity index (χ0) is 18.4. The van der Waals surface area contributed by atoms with E-state index in [1.807, 2.05) is 72.5 Å². The largest absolute Gasteiger partial charge is 0.494 e. The molecule has 0 spiro atoms. The smallest absolute Gasteiger partial charge is 0.254 e. The summed E-state index contributed by atoms with van der Waals surface area (Å²) in [5, 5.41) is 0. The summed E-state index contributed by atoms with van der Waals surface area (Å²) >= 11 is 0. The van der Waals surface area contributed by atoms with E-state index in [1.54, 1.807) is 7.11 Å². The van der Waals surface area contributed by atoms with E-state index in [9.17, 15) is 4.79 Å². The van der Waals surface area contributed by atoms with Crippen molar-refractivity contribution in [3.63, 3.8) is 0 Å². The average Bonchev–Trinajstić information content (AvgIpc) is 3.17. The first kappa shape index (κ1) is 18.2. The Morgan fingerprint density at radius 1 is 1.15 bits per heavy atom. The zero-order valence-corrected chi connectivity index (χ0v) is 15.4. The van der Waals surface area contributed by atoms with Gasteiger partial charge in [0.05, 0.1) is 12.7 Å². The predicted octanol–water partition coefficient (Wildman–Crippen LogP) is 3.87. The highest BCUT2D eigenvalue weighted by Crippen LogP contribution is 2.24. The van der Waals surface area contributed by atoms with Crippen LogP contribution in [0.2, 0.25) is 0 Å². The van der Waals surface area contributed by atoms with Crippen LogP contribution in [-0.2, 0) is 9.53 Å². The number of carbonyl (C=O) groups is 1. The number of hydrogen-bond acceptors (Lipinski definition) is 3. The lowest BCUT2D eigenvalue weighted by Gasteiger charge is -2.19. The van der Waals surface area contributed by atoms with E-state index < -0.39 is 0 Å². The molecule has 0 saturated carbocycles. The Morgan fingerprint density at radius 3 is 2.50 bits per heavy atom. The van der Waals surface area contributed by atoms with Crippen LogP contribution in [-0.4, -0.2) is 43.7 Å². The van der Waals surface area contributed by atoms with E-state index in [0.29, 0.717) is 18.7 Å². The molecule has 0 N–H and O–H groups in total. The lowest BCUT2D eigenvalue weighted by Crippen LogP contribution is -2.30. The lowest BCUT2D eigenvalue weighted by atomic mass is 10.0. The van der Waals surface area contributed by atoms with Crippen molar-refractivity contribution in [2.24, 2.45) is 0 Å². The number of amides is 1. The van der Waals surface area contributed by atoms with Gasteiger partial charge >= 0.3 is 0 Å². The first-order chi connectivity index (χ1) is 12.7. The Bertz CT molecular complexity index is 753. The molecule has 2 aromatic carbocycles. The quantitative estimate of drug-likeness (QED) is 0.586. The van der Waals surface area contributed by atoms with Crippen LogP contribution in [0.15, 0.2) is 54.6 Å². The number of nitrogens with zero attached hydrogens (tertiary/aromatic N) is 1. The number of ether oxygens (including phenoxy) is 2. The third-order valence-corrected chi connectivity index (χ3v) is 4.58. The molecular weight excluding hydrogens is 326 g/mol. The van der Waals surface area contributed by atoms with Gasteiger partial charge in [-0.1, -0.05) is 42.5 Å². The molecule has 0 radical (unpaired) electrons. The fourth-order valence-corrected chi connectivity index (χ4v) is 3.16. The minimum Gasteiger partial charge on any atom is -0.494 e. The summed E-state index contributed by atoms with van der Waals surface area (Å²) in [6.07, 6.45) is 2.96. The Balaban J connectivity index is 1.89. The number of benzene rings is 2. The first-order valence-corrected chi connectivity index (χ1v) is 9.03. The van der Waals surface area contributed by atoms with Crippen LogP contribution in [0.3, 0.4) is 0 Å². The van der Waals surface area contributed by atoms with Crippen LogP contribution in [0.1, 0.15) is 24.5 Å². The van der Waals surface area contributed by atoms with Crippen LogP contribution in [0, 0.1) is 0 Å². The monoisotopic (exact) mass is 351 g/mol. The lowest BCUT2D eigenvalue weighted by molar-refractivity contribution is -0.124. The van der Waals surface area contributed by atoms with Crippen molar-refractivity contribution < 1.29 is 14.3 Å². The van der Waals surface area contributed by atoms with Crippen molar-refractivity contribution in [1.82, 2.24) is 4.90 Å². The number of rotatable bonds is 6. The SMILES string of the molecule is CCOc1ccc(/C=C(/C(=O)N2CCC(OC)C2)c2ccccc2)cc1. The van der Waals surface area contributed by atoms with Crippen molar-refractivity contribution in [1.29, 1.82) is 0 Å². The van der Waals surface area contributed by atoms with Crippen LogP contribution in [0.25, 0.3) is 11.6 Å². The van der Waals surface area contributed by atoms with Crippen LogP contribution in [0.4, 0.5) is 0 Å². The first-order valence-electron chi connectivity index (χ1n) is 9.03. The molecule has 0 bridgehead atoms. The van der Waals surface area contributed by atoms with E-state index in [1.165, 1.54) is 0 Å². The maximum Gasteiger partial charge on any atom is 0.254 e. The predicted molar refractivity (Wildman–Crippen MR) is 104 cm³/mol. The third-order valence-electron chi connectivity index (χ3n) is 4.58. The molecule has 0 aliphatic carbocycles. The maximum atomic E-state index is 13.2.